The maximum absolute atomic E-state index is 9.06. The monoisotopic (exact) mass is 228 g/mol. The maximum atomic E-state index is 9.06. The first-order valence-electron chi connectivity index (χ1n) is 5.16. The molecule has 0 saturated carbocycles. The van der Waals surface area contributed by atoms with Crippen molar-refractivity contribution < 1.29 is 9.84 Å². The fourth-order valence-corrected chi connectivity index (χ4v) is 1.39. The quantitative estimate of drug-likeness (QED) is 0.785. The summed E-state index contributed by atoms with van der Waals surface area (Å²) in [5.41, 5.74) is 1.02. The van der Waals surface area contributed by atoms with Crippen LogP contribution in [0.1, 0.15) is 25.3 Å². The second-order valence-electron chi connectivity index (χ2n) is 3.75. The lowest BCUT2D eigenvalue weighted by atomic mass is 10.2. The van der Waals surface area contributed by atoms with Gasteiger partial charge in [-0.15, -0.1) is 0 Å². The van der Waals surface area contributed by atoms with Crippen LogP contribution < -0.4 is 4.74 Å². The Kier molecular flexibility index (Phi) is 4.92. The van der Waals surface area contributed by atoms with Gasteiger partial charge in [0.15, 0.2) is 0 Å². The zero-order valence-corrected chi connectivity index (χ0v) is 9.92. The Bertz CT molecular complexity index is 310. The number of aryl methyl sites for hydroxylation is 1. The van der Waals surface area contributed by atoms with Gasteiger partial charge in [-0.05, 0) is 50.5 Å². The second-order valence-corrected chi connectivity index (χ2v) is 4.16. The molecule has 0 saturated heterocycles. The Morgan fingerprint density at radius 2 is 2.20 bits per heavy atom. The van der Waals surface area contributed by atoms with Gasteiger partial charge in [0.05, 0.1) is 12.7 Å². The molecule has 84 valence electrons. The molecular formula is C12H17ClO2. The van der Waals surface area contributed by atoms with Crippen molar-refractivity contribution in [3.63, 3.8) is 0 Å². The lowest BCUT2D eigenvalue weighted by Gasteiger charge is -2.08. The molecule has 1 N–H and O–H groups in total. The molecule has 0 heterocycles. The molecule has 1 aromatic rings. The largest absolute Gasteiger partial charge is 0.494 e. The molecule has 3 heteroatoms. The molecular weight excluding hydrogens is 212 g/mol. The molecule has 0 amide bonds. The van der Waals surface area contributed by atoms with Crippen LogP contribution >= 0.6 is 11.6 Å². The lowest BCUT2D eigenvalue weighted by molar-refractivity contribution is 0.170. The lowest BCUT2D eigenvalue weighted by Crippen LogP contribution is -2.04. The number of hydrogen-bond donors (Lipinski definition) is 1. The van der Waals surface area contributed by atoms with Crippen LogP contribution in [0.25, 0.3) is 0 Å². The summed E-state index contributed by atoms with van der Waals surface area (Å²) in [7, 11) is 0. The average molecular weight is 229 g/mol. The molecule has 1 atom stereocenters. The summed E-state index contributed by atoms with van der Waals surface area (Å²) < 4.78 is 5.52. The number of hydrogen-bond acceptors (Lipinski definition) is 2. The standard InChI is InChI=1S/C12H17ClO2/c1-9-8-11(5-6-12(9)13)15-7-3-4-10(2)14/h5-6,8,10,14H,3-4,7H2,1-2H3. The molecule has 1 unspecified atom stereocenters. The number of aliphatic hydroxyl groups is 1. The topological polar surface area (TPSA) is 29.5 Å². The van der Waals surface area contributed by atoms with Crippen molar-refractivity contribution in [1.29, 1.82) is 0 Å². The molecule has 0 radical (unpaired) electrons. The molecule has 15 heavy (non-hydrogen) atoms. The average Bonchev–Trinajstić information content (AvgIpc) is 2.18. The van der Waals surface area contributed by atoms with E-state index in [4.69, 9.17) is 21.4 Å². The Morgan fingerprint density at radius 1 is 1.47 bits per heavy atom. The Balaban J connectivity index is 2.35. The molecule has 0 spiro atoms. The van der Waals surface area contributed by atoms with Crippen LogP contribution in [0, 0.1) is 6.92 Å². The fourth-order valence-electron chi connectivity index (χ4n) is 1.28. The molecule has 0 aliphatic heterocycles. The van der Waals surface area contributed by atoms with Gasteiger partial charge in [0.1, 0.15) is 5.75 Å². The smallest absolute Gasteiger partial charge is 0.119 e. The highest BCUT2D eigenvalue weighted by Gasteiger charge is 1.99. The molecule has 2 nitrogen and oxygen atoms in total. The summed E-state index contributed by atoms with van der Waals surface area (Å²) in [6.07, 6.45) is 1.38. The number of ether oxygens (including phenoxy) is 1. The number of benzene rings is 1. The van der Waals surface area contributed by atoms with Crippen molar-refractivity contribution in [3.05, 3.63) is 28.8 Å². The van der Waals surface area contributed by atoms with Gasteiger partial charge in [0.25, 0.3) is 0 Å². The first-order valence-corrected chi connectivity index (χ1v) is 5.54. The zero-order valence-electron chi connectivity index (χ0n) is 9.16. The van der Waals surface area contributed by atoms with E-state index in [2.05, 4.69) is 0 Å². The summed E-state index contributed by atoms with van der Waals surface area (Å²) in [6, 6.07) is 5.61. The summed E-state index contributed by atoms with van der Waals surface area (Å²) in [4.78, 5) is 0. The Morgan fingerprint density at radius 3 is 2.80 bits per heavy atom. The minimum atomic E-state index is -0.249. The summed E-state index contributed by atoms with van der Waals surface area (Å²) >= 11 is 5.89. The third-order valence-corrected chi connectivity index (χ3v) is 2.59. The molecule has 0 aliphatic rings. The van der Waals surface area contributed by atoms with Gasteiger partial charge >= 0.3 is 0 Å². The predicted molar refractivity (Wildman–Crippen MR) is 62.6 cm³/mol. The minimum Gasteiger partial charge on any atom is -0.494 e. The maximum Gasteiger partial charge on any atom is 0.119 e. The van der Waals surface area contributed by atoms with Crippen LogP contribution in [0.3, 0.4) is 0 Å². The molecule has 1 aromatic carbocycles. The van der Waals surface area contributed by atoms with E-state index in [9.17, 15) is 0 Å². The van der Waals surface area contributed by atoms with Gasteiger partial charge in [-0.25, -0.2) is 0 Å². The van der Waals surface area contributed by atoms with Crippen LogP contribution in [-0.2, 0) is 0 Å². The van der Waals surface area contributed by atoms with Crippen molar-refractivity contribution in [1.82, 2.24) is 0 Å². The fraction of sp³-hybridized carbons (Fsp3) is 0.500. The summed E-state index contributed by atoms with van der Waals surface area (Å²) in [5, 5.41) is 9.81. The van der Waals surface area contributed by atoms with Gasteiger partial charge in [-0.1, -0.05) is 11.6 Å². The van der Waals surface area contributed by atoms with Gasteiger partial charge in [-0.2, -0.15) is 0 Å². The van der Waals surface area contributed by atoms with Gasteiger partial charge in [0, 0.05) is 5.02 Å². The number of aliphatic hydroxyl groups excluding tert-OH is 1. The number of rotatable bonds is 5. The van der Waals surface area contributed by atoms with Crippen molar-refractivity contribution in [2.45, 2.75) is 32.8 Å². The summed E-state index contributed by atoms with van der Waals surface area (Å²) in [6.45, 7) is 4.36. The Labute approximate surface area is 95.8 Å². The zero-order chi connectivity index (χ0) is 11.3. The van der Waals surface area contributed by atoms with Crippen LogP contribution in [0.2, 0.25) is 5.02 Å². The predicted octanol–water partition coefficient (Wildman–Crippen LogP) is 3.19. The van der Waals surface area contributed by atoms with Crippen LogP contribution in [0.4, 0.5) is 0 Å². The first-order chi connectivity index (χ1) is 7.09. The molecule has 0 fully saturated rings. The highest BCUT2D eigenvalue weighted by Crippen LogP contribution is 2.21. The third-order valence-electron chi connectivity index (χ3n) is 2.16. The van der Waals surface area contributed by atoms with Crippen molar-refractivity contribution in [2.24, 2.45) is 0 Å². The highest BCUT2D eigenvalue weighted by atomic mass is 35.5. The normalized spacial score (nSPS) is 12.5. The molecule has 0 bridgehead atoms. The van der Waals surface area contributed by atoms with E-state index in [0.717, 1.165) is 29.2 Å². The van der Waals surface area contributed by atoms with E-state index >= 15 is 0 Å². The van der Waals surface area contributed by atoms with Crippen LogP contribution in [-0.4, -0.2) is 17.8 Å². The first kappa shape index (κ1) is 12.3. The van der Waals surface area contributed by atoms with Crippen LogP contribution in [0.15, 0.2) is 18.2 Å². The minimum absolute atomic E-state index is 0.249. The molecule has 0 aromatic heterocycles. The van der Waals surface area contributed by atoms with Crippen LogP contribution in [0.5, 0.6) is 5.75 Å². The molecule has 0 aliphatic carbocycles. The van der Waals surface area contributed by atoms with E-state index in [1.54, 1.807) is 6.92 Å². The van der Waals surface area contributed by atoms with E-state index in [1.165, 1.54) is 0 Å². The van der Waals surface area contributed by atoms with Crippen molar-refractivity contribution >= 4 is 11.6 Å². The van der Waals surface area contributed by atoms with E-state index in [0.29, 0.717) is 6.61 Å². The van der Waals surface area contributed by atoms with Gasteiger partial charge in [0.2, 0.25) is 0 Å². The van der Waals surface area contributed by atoms with Crippen molar-refractivity contribution in [2.75, 3.05) is 6.61 Å². The van der Waals surface area contributed by atoms with Gasteiger partial charge in [-0.3, -0.25) is 0 Å². The Hall–Kier alpha value is -0.730. The molecule has 1 rings (SSSR count). The van der Waals surface area contributed by atoms with E-state index in [-0.39, 0.29) is 6.10 Å². The second kappa shape index (κ2) is 5.99. The third kappa shape index (κ3) is 4.54. The van der Waals surface area contributed by atoms with Gasteiger partial charge < -0.3 is 9.84 Å². The highest BCUT2D eigenvalue weighted by molar-refractivity contribution is 6.31. The van der Waals surface area contributed by atoms with E-state index in [1.807, 2.05) is 25.1 Å². The SMILES string of the molecule is Cc1cc(OCCCC(C)O)ccc1Cl. The number of halogens is 1. The van der Waals surface area contributed by atoms with Crippen molar-refractivity contribution in [3.8, 4) is 5.75 Å². The van der Waals surface area contributed by atoms with E-state index < -0.39 is 0 Å². The summed E-state index contributed by atoms with van der Waals surface area (Å²) in [5.74, 6) is 0.836.